The van der Waals surface area contributed by atoms with Gasteiger partial charge in [-0.05, 0) is 50.1 Å². The maximum Gasteiger partial charge on any atom is 0.416 e. The molecule has 10 heteroatoms. The maximum atomic E-state index is 13.0. The SMILES string of the molecule is Cc1c(C(=O)Nc2cccc(C(F)(F)F)c2)oc2c1/C(=N/NC(=O)c1cccnc1)CCC2. The molecule has 0 fully saturated rings. The number of fused-ring (bicyclic) bond motifs is 1. The highest BCUT2D eigenvalue weighted by atomic mass is 19.4. The summed E-state index contributed by atoms with van der Waals surface area (Å²) in [5, 5.41) is 6.69. The van der Waals surface area contributed by atoms with E-state index in [9.17, 15) is 22.8 Å². The first kappa shape index (κ1) is 22.3. The molecule has 0 spiro atoms. The van der Waals surface area contributed by atoms with Gasteiger partial charge in [-0.25, -0.2) is 5.43 Å². The van der Waals surface area contributed by atoms with Crippen LogP contribution in [0.2, 0.25) is 0 Å². The van der Waals surface area contributed by atoms with Crippen molar-refractivity contribution in [2.24, 2.45) is 5.10 Å². The lowest BCUT2D eigenvalue weighted by atomic mass is 9.93. The summed E-state index contributed by atoms with van der Waals surface area (Å²) in [7, 11) is 0. The molecule has 0 bridgehead atoms. The summed E-state index contributed by atoms with van der Waals surface area (Å²) < 4.78 is 44.6. The fourth-order valence-electron chi connectivity index (χ4n) is 3.64. The van der Waals surface area contributed by atoms with Crippen molar-refractivity contribution < 1.29 is 27.2 Å². The van der Waals surface area contributed by atoms with Crippen LogP contribution in [0.5, 0.6) is 0 Å². The van der Waals surface area contributed by atoms with Crippen molar-refractivity contribution in [1.29, 1.82) is 0 Å². The molecule has 0 saturated heterocycles. The second-order valence-corrected chi connectivity index (χ2v) is 7.48. The van der Waals surface area contributed by atoms with Crippen LogP contribution in [0.15, 0.2) is 58.3 Å². The van der Waals surface area contributed by atoms with Gasteiger partial charge in [0, 0.05) is 35.6 Å². The number of furan rings is 1. The van der Waals surface area contributed by atoms with E-state index in [1.807, 2.05) is 0 Å². The van der Waals surface area contributed by atoms with E-state index in [-0.39, 0.29) is 11.4 Å². The number of rotatable bonds is 4. The summed E-state index contributed by atoms with van der Waals surface area (Å²) in [6, 6.07) is 7.61. The van der Waals surface area contributed by atoms with Gasteiger partial charge in [0.2, 0.25) is 0 Å². The van der Waals surface area contributed by atoms with Crippen LogP contribution >= 0.6 is 0 Å². The number of benzene rings is 1. The molecule has 170 valence electrons. The number of pyridine rings is 1. The van der Waals surface area contributed by atoms with Gasteiger partial charge in [-0.15, -0.1) is 0 Å². The molecular formula is C23H19F3N4O3. The van der Waals surface area contributed by atoms with Crippen molar-refractivity contribution in [3.8, 4) is 0 Å². The monoisotopic (exact) mass is 456 g/mol. The molecule has 2 amide bonds. The highest BCUT2D eigenvalue weighted by Crippen LogP contribution is 2.32. The van der Waals surface area contributed by atoms with E-state index in [4.69, 9.17) is 4.42 Å². The van der Waals surface area contributed by atoms with Crippen LogP contribution in [-0.2, 0) is 12.6 Å². The van der Waals surface area contributed by atoms with Crippen molar-refractivity contribution in [1.82, 2.24) is 10.4 Å². The van der Waals surface area contributed by atoms with E-state index in [1.54, 1.807) is 25.3 Å². The highest BCUT2D eigenvalue weighted by molar-refractivity contribution is 6.09. The first-order valence-corrected chi connectivity index (χ1v) is 10.1. The number of hydrogen-bond donors (Lipinski definition) is 2. The van der Waals surface area contributed by atoms with Crippen molar-refractivity contribution in [2.45, 2.75) is 32.4 Å². The molecule has 0 unspecified atom stereocenters. The van der Waals surface area contributed by atoms with Crippen LogP contribution in [0.25, 0.3) is 0 Å². The number of aromatic nitrogens is 1. The van der Waals surface area contributed by atoms with E-state index in [0.29, 0.717) is 47.4 Å². The largest absolute Gasteiger partial charge is 0.455 e. The second-order valence-electron chi connectivity index (χ2n) is 7.48. The van der Waals surface area contributed by atoms with Gasteiger partial charge < -0.3 is 9.73 Å². The van der Waals surface area contributed by atoms with Gasteiger partial charge in [0.15, 0.2) is 5.76 Å². The zero-order chi connectivity index (χ0) is 23.6. The van der Waals surface area contributed by atoms with Gasteiger partial charge in [-0.3, -0.25) is 14.6 Å². The third kappa shape index (κ3) is 4.79. The Bertz CT molecular complexity index is 1230. The Morgan fingerprint density at radius 2 is 1.94 bits per heavy atom. The van der Waals surface area contributed by atoms with Crippen molar-refractivity contribution in [2.75, 3.05) is 5.32 Å². The van der Waals surface area contributed by atoms with Crippen molar-refractivity contribution in [3.05, 3.63) is 82.6 Å². The molecule has 1 aromatic carbocycles. The van der Waals surface area contributed by atoms with Crippen molar-refractivity contribution >= 4 is 23.2 Å². The number of hydrogen-bond acceptors (Lipinski definition) is 5. The number of carbonyl (C=O) groups is 2. The highest BCUT2D eigenvalue weighted by Gasteiger charge is 2.31. The van der Waals surface area contributed by atoms with E-state index in [1.165, 1.54) is 18.3 Å². The summed E-state index contributed by atoms with van der Waals surface area (Å²) in [4.78, 5) is 28.9. The lowest BCUT2D eigenvalue weighted by Gasteiger charge is -2.13. The number of amides is 2. The Morgan fingerprint density at radius 1 is 1.12 bits per heavy atom. The van der Waals surface area contributed by atoms with Crippen LogP contribution < -0.4 is 10.7 Å². The quantitative estimate of drug-likeness (QED) is 0.555. The first-order chi connectivity index (χ1) is 15.7. The zero-order valence-corrected chi connectivity index (χ0v) is 17.5. The third-order valence-corrected chi connectivity index (χ3v) is 5.20. The Morgan fingerprint density at radius 3 is 2.67 bits per heavy atom. The Labute approximate surface area is 186 Å². The molecule has 2 heterocycles. The number of alkyl halides is 3. The smallest absolute Gasteiger partial charge is 0.416 e. The molecule has 2 aromatic heterocycles. The lowest BCUT2D eigenvalue weighted by molar-refractivity contribution is -0.137. The molecule has 0 atom stereocenters. The van der Waals surface area contributed by atoms with Crippen molar-refractivity contribution in [3.63, 3.8) is 0 Å². The van der Waals surface area contributed by atoms with E-state index in [2.05, 4.69) is 20.8 Å². The van der Waals surface area contributed by atoms with E-state index < -0.39 is 23.6 Å². The van der Waals surface area contributed by atoms with Gasteiger partial charge in [0.1, 0.15) is 5.76 Å². The average molecular weight is 456 g/mol. The van der Waals surface area contributed by atoms with Gasteiger partial charge in [0.05, 0.1) is 16.8 Å². The Kier molecular flexibility index (Phi) is 5.99. The van der Waals surface area contributed by atoms with Crippen LogP contribution in [0.4, 0.5) is 18.9 Å². The molecule has 1 aliphatic carbocycles. The summed E-state index contributed by atoms with van der Waals surface area (Å²) in [6.45, 7) is 1.67. The maximum absolute atomic E-state index is 13.0. The second kappa shape index (κ2) is 8.89. The molecule has 0 radical (unpaired) electrons. The number of nitrogens with zero attached hydrogens (tertiary/aromatic N) is 2. The average Bonchev–Trinajstić information content (AvgIpc) is 3.15. The first-order valence-electron chi connectivity index (χ1n) is 10.1. The summed E-state index contributed by atoms with van der Waals surface area (Å²) in [5.41, 5.74) is 3.67. The van der Waals surface area contributed by atoms with Gasteiger partial charge in [-0.2, -0.15) is 18.3 Å². The number of anilines is 1. The molecule has 1 aliphatic rings. The van der Waals surface area contributed by atoms with Crippen LogP contribution in [-0.4, -0.2) is 22.5 Å². The molecule has 2 N–H and O–H groups in total. The predicted molar refractivity (Wildman–Crippen MR) is 114 cm³/mol. The number of nitrogens with one attached hydrogen (secondary N) is 2. The summed E-state index contributed by atoms with van der Waals surface area (Å²) >= 11 is 0. The van der Waals surface area contributed by atoms with E-state index >= 15 is 0 Å². The van der Waals surface area contributed by atoms with E-state index in [0.717, 1.165) is 12.1 Å². The fraction of sp³-hybridized carbons (Fsp3) is 0.217. The normalized spacial score (nSPS) is 14.6. The number of carbonyl (C=O) groups excluding carboxylic acids is 2. The molecular weight excluding hydrogens is 437 g/mol. The lowest BCUT2D eigenvalue weighted by Crippen LogP contribution is -2.22. The zero-order valence-electron chi connectivity index (χ0n) is 17.5. The van der Waals surface area contributed by atoms with Crippen LogP contribution in [0, 0.1) is 6.92 Å². The summed E-state index contributed by atoms with van der Waals surface area (Å²) in [5.74, 6) is -0.556. The number of aryl methyl sites for hydroxylation is 1. The topological polar surface area (TPSA) is 96.6 Å². The standard InChI is InChI=1S/C23H19F3N4O3/c1-13-19-17(29-30-21(31)14-5-4-10-27-12-14)8-3-9-18(19)33-20(13)22(32)28-16-7-2-6-15(11-16)23(24,25)26/h2,4-7,10-12H,3,8-9H2,1H3,(H,28,32)(H,30,31)/b29-17+. The number of halogens is 3. The Hall–Kier alpha value is -3.95. The minimum atomic E-state index is -4.52. The minimum Gasteiger partial charge on any atom is -0.455 e. The molecule has 0 aliphatic heterocycles. The fourth-order valence-corrected chi connectivity index (χ4v) is 3.64. The molecule has 33 heavy (non-hydrogen) atoms. The predicted octanol–water partition coefficient (Wildman–Crippen LogP) is 4.72. The molecule has 3 aromatic rings. The molecule has 0 saturated carbocycles. The third-order valence-electron chi connectivity index (χ3n) is 5.20. The van der Waals surface area contributed by atoms with Crippen LogP contribution in [0.3, 0.4) is 0 Å². The van der Waals surface area contributed by atoms with Crippen LogP contribution in [0.1, 0.15) is 56.2 Å². The minimum absolute atomic E-state index is 0.00113. The molecule has 4 rings (SSSR count). The summed E-state index contributed by atoms with van der Waals surface area (Å²) in [6.07, 6.45) is 0.290. The van der Waals surface area contributed by atoms with Gasteiger partial charge in [-0.1, -0.05) is 6.07 Å². The molecule has 7 nitrogen and oxygen atoms in total. The van der Waals surface area contributed by atoms with Gasteiger partial charge >= 0.3 is 6.18 Å². The number of hydrazone groups is 1. The Balaban J connectivity index is 1.56. The van der Waals surface area contributed by atoms with Gasteiger partial charge in [0.25, 0.3) is 11.8 Å².